The van der Waals surface area contributed by atoms with Crippen LogP contribution in [0.15, 0.2) is 54.7 Å². The quantitative estimate of drug-likeness (QED) is 0.617. The SMILES string of the molecule is C=C([C@H](c1ccc(C2(C#N)CC2)cc1)c1ccc(C)c(F)c1)N(C)C(=S)NC.CC. The van der Waals surface area contributed by atoms with Gasteiger partial charge in [0.2, 0.25) is 0 Å². The summed E-state index contributed by atoms with van der Waals surface area (Å²) in [7, 11) is 3.61. The number of halogens is 1. The molecule has 0 amide bonds. The zero-order valence-corrected chi connectivity index (χ0v) is 19.2. The molecule has 1 atom stereocenters. The first-order valence-corrected chi connectivity index (χ1v) is 10.7. The van der Waals surface area contributed by atoms with Gasteiger partial charge in [0.05, 0.1) is 11.5 Å². The second-order valence-corrected chi connectivity index (χ2v) is 7.75. The molecule has 0 saturated heterocycles. The predicted octanol–water partition coefficient (Wildman–Crippen LogP) is 5.80. The fraction of sp³-hybridized carbons (Fsp3) is 0.360. The molecule has 0 heterocycles. The molecule has 1 N–H and O–H groups in total. The first-order chi connectivity index (χ1) is 14.3. The van der Waals surface area contributed by atoms with Crippen LogP contribution in [0, 0.1) is 24.1 Å². The summed E-state index contributed by atoms with van der Waals surface area (Å²) in [6.45, 7) is 10.00. The highest BCUT2D eigenvalue weighted by Crippen LogP contribution is 2.48. The van der Waals surface area contributed by atoms with Crippen LogP contribution in [-0.2, 0) is 5.41 Å². The van der Waals surface area contributed by atoms with Crippen LogP contribution in [-0.4, -0.2) is 24.1 Å². The summed E-state index contributed by atoms with van der Waals surface area (Å²) in [6.07, 6.45) is 1.81. The van der Waals surface area contributed by atoms with Crippen LogP contribution >= 0.6 is 12.2 Å². The molecule has 1 fully saturated rings. The van der Waals surface area contributed by atoms with Crippen molar-refractivity contribution in [2.45, 2.75) is 44.9 Å². The van der Waals surface area contributed by atoms with E-state index < -0.39 is 0 Å². The third-order valence-corrected chi connectivity index (χ3v) is 6.05. The Balaban J connectivity index is 0.00000155. The van der Waals surface area contributed by atoms with Gasteiger partial charge in [0, 0.05) is 25.7 Å². The van der Waals surface area contributed by atoms with Gasteiger partial charge in [0.15, 0.2) is 5.11 Å². The summed E-state index contributed by atoms with van der Waals surface area (Å²) in [6, 6.07) is 15.7. The van der Waals surface area contributed by atoms with Crippen LogP contribution in [0.5, 0.6) is 0 Å². The van der Waals surface area contributed by atoms with Crippen molar-refractivity contribution in [3.05, 3.63) is 82.8 Å². The molecule has 158 valence electrons. The Labute approximate surface area is 185 Å². The molecule has 1 aliphatic carbocycles. The Morgan fingerprint density at radius 3 is 2.23 bits per heavy atom. The van der Waals surface area contributed by atoms with E-state index in [4.69, 9.17) is 12.2 Å². The molecule has 0 aliphatic heterocycles. The molecule has 0 bridgehead atoms. The van der Waals surface area contributed by atoms with Crippen molar-refractivity contribution in [2.75, 3.05) is 14.1 Å². The van der Waals surface area contributed by atoms with Crippen molar-refractivity contribution < 1.29 is 4.39 Å². The van der Waals surface area contributed by atoms with Crippen LogP contribution in [0.4, 0.5) is 4.39 Å². The van der Waals surface area contributed by atoms with Gasteiger partial charge in [0.25, 0.3) is 0 Å². The van der Waals surface area contributed by atoms with Gasteiger partial charge < -0.3 is 10.2 Å². The van der Waals surface area contributed by atoms with Gasteiger partial charge in [-0.3, -0.25) is 0 Å². The number of aryl methyl sites for hydroxylation is 1. The minimum absolute atomic E-state index is 0.243. The van der Waals surface area contributed by atoms with Gasteiger partial charge in [0.1, 0.15) is 5.82 Å². The summed E-state index contributed by atoms with van der Waals surface area (Å²) >= 11 is 5.36. The zero-order valence-electron chi connectivity index (χ0n) is 18.4. The highest BCUT2D eigenvalue weighted by molar-refractivity contribution is 7.80. The molecule has 2 aromatic carbocycles. The van der Waals surface area contributed by atoms with Crippen molar-refractivity contribution in [1.29, 1.82) is 5.26 Å². The lowest BCUT2D eigenvalue weighted by Gasteiger charge is -2.29. The maximum Gasteiger partial charge on any atom is 0.172 e. The van der Waals surface area contributed by atoms with E-state index in [-0.39, 0.29) is 17.2 Å². The summed E-state index contributed by atoms with van der Waals surface area (Å²) in [4.78, 5) is 1.81. The number of thiocarbonyl (C=S) groups is 1. The molecule has 0 radical (unpaired) electrons. The molecule has 30 heavy (non-hydrogen) atoms. The van der Waals surface area contributed by atoms with Gasteiger partial charge >= 0.3 is 0 Å². The third-order valence-electron chi connectivity index (χ3n) is 5.57. The van der Waals surface area contributed by atoms with Gasteiger partial charge in [-0.05, 0) is 60.3 Å². The number of rotatable bonds is 5. The summed E-state index contributed by atoms with van der Waals surface area (Å²) in [5.74, 6) is -0.495. The molecule has 1 aliphatic rings. The largest absolute Gasteiger partial charge is 0.365 e. The lowest BCUT2D eigenvalue weighted by Crippen LogP contribution is -2.35. The van der Waals surface area contributed by atoms with Gasteiger partial charge in [-0.25, -0.2) is 4.39 Å². The van der Waals surface area contributed by atoms with Crippen LogP contribution in [0.2, 0.25) is 0 Å². The Hall–Kier alpha value is -2.71. The van der Waals surface area contributed by atoms with E-state index in [2.05, 4.69) is 18.0 Å². The number of nitrogens with zero attached hydrogens (tertiary/aromatic N) is 2. The van der Waals surface area contributed by atoms with E-state index in [1.807, 2.05) is 56.1 Å². The fourth-order valence-corrected chi connectivity index (χ4v) is 3.56. The Morgan fingerprint density at radius 1 is 1.20 bits per heavy atom. The molecule has 3 rings (SSSR count). The van der Waals surface area contributed by atoms with E-state index in [9.17, 15) is 9.65 Å². The number of benzene rings is 2. The van der Waals surface area contributed by atoms with Crippen molar-refractivity contribution >= 4 is 17.3 Å². The lowest BCUT2D eigenvalue weighted by molar-refractivity contribution is 0.569. The number of likely N-dealkylation sites (N-methyl/N-ethyl adjacent to an activating group) is 1. The van der Waals surface area contributed by atoms with Crippen molar-refractivity contribution in [1.82, 2.24) is 10.2 Å². The van der Waals surface area contributed by atoms with Gasteiger partial charge in [-0.1, -0.05) is 56.8 Å². The maximum absolute atomic E-state index is 14.3. The lowest BCUT2D eigenvalue weighted by atomic mass is 9.86. The van der Waals surface area contributed by atoms with E-state index >= 15 is 0 Å². The van der Waals surface area contributed by atoms with Crippen LogP contribution in [0.3, 0.4) is 0 Å². The Bertz CT molecular complexity index is 955. The second-order valence-electron chi connectivity index (χ2n) is 7.36. The standard InChI is InChI=1S/C23H24FN3S.C2H6/c1-15-5-6-18(13-20(15)24)21(16(2)27(4)22(28)26-3)17-7-9-19(10-8-17)23(14-25)11-12-23;1-2/h5-10,13,21H,2,11-12H2,1,3-4H3,(H,26,28);1-2H3/t21-;/m1./s1. The minimum atomic E-state index is -0.328. The fourth-order valence-electron chi connectivity index (χ4n) is 3.44. The zero-order chi connectivity index (χ0) is 22.5. The maximum atomic E-state index is 14.3. The number of hydrogen-bond acceptors (Lipinski definition) is 2. The summed E-state index contributed by atoms with van der Waals surface area (Å²) < 4.78 is 14.3. The number of allylic oxidation sites excluding steroid dienone is 1. The molecular weight excluding hydrogens is 393 g/mol. The molecule has 1 saturated carbocycles. The van der Waals surface area contributed by atoms with Gasteiger partial charge in [-0.2, -0.15) is 5.26 Å². The Kier molecular flexibility index (Phi) is 7.75. The highest BCUT2D eigenvalue weighted by atomic mass is 32.1. The third kappa shape index (κ3) is 4.71. The van der Waals surface area contributed by atoms with Crippen molar-refractivity contribution in [2.24, 2.45) is 0 Å². The number of nitrogens with one attached hydrogen (secondary N) is 1. The predicted molar refractivity (Wildman–Crippen MR) is 126 cm³/mol. The molecule has 2 aromatic rings. The Morgan fingerprint density at radius 2 is 1.77 bits per heavy atom. The highest BCUT2D eigenvalue weighted by Gasteiger charge is 2.44. The molecule has 5 heteroatoms. The first kappa shape index (κ1) is 23.6. The van der Waals surface area contributed by atoms with E-state index in [0.29, 0.717) is 10.7 Å². The number of hydrogen-bond donors (Lipinski definition) is 1. The topological polar surface area (TPSA) is 39.1 Å². The van der Waals surface area contributed by atoms with E-state index in [1.165, 1.54) is 0 Å². The van der Waals surface area contributed by atoms with E-state index in [1.54, 1.807) is 26.1 Å². The van der Waals surface area contributed by atoms with Crippen LogP contribution in [0.1, 0.15) is 54.9 Å². The minimum Gasteiger partial charge on any atom is -0.365 e. The van der Waals surface area contributed by atoms with E-state index in [0.717, 1.165) is 35.2 Å². The second kappa shape index (κ2) is 9.86. The smallest absolute Gasteiger partial charge is 0.172 e. The average molecular weight is 424 g/mol. The molecular formula is C25H30FN3S. The summed E-state index contributed by atoms with van der Waals surface area (Å²) in [5.41, 5.74) is 3.86. The molecule has 3 nitrogen and oxygen atoms in total. The van der Waals surface area contributed by atoms with Crippen molar-refractivity contribution in [3.63, 3.8) is 0 Å². The van der Waals surface area contributed by atoms with Crippen LogP contribution in [0.25, 0.3) is 0 Å². The first-order valence-electron chi connectivity index (χ1n) is 10.2. The normalized spacial score (nSPS) is 14.4. The monoisotopic (exact) mass is 423 g/mol. The van der Waals surface area contributed by atoms with Crippen molar-refractivity contribution in [3.8, 4) is 6.07 Å². The average Bonchev–Trinajstić information content (AvgIpc) is 3.58. The van der Waals surface area contributed by atoms with Gasteiger partial charge in [-0.15, -0.1) is 0 Å². The summed E-state index contributed by atoms with van der Waals surface area (Å²) in [5, 5.41) is 12.9. The molecule has 0 spiro atoms. The molecule has 0 aromatic heterocycles. The molecule has 0 unspecified atom stereocenters. The number of nitriles is 1. The van der Waals surface area contributed by atoms with Crippen LogP contribution < -0.4 is 5.32 Å².